The minimum absolute atomic E-state index is 0.193. The highest BCUT2D eigenvalue weighted by molar-refractivity contribution is 5.77. The Balaban J connectivity index is 2.01. The van der Waals surface area contributed by atoms with Crippen LogP contribution in [0.5, 0.6) is 0 Å². The summed E-state index contributed by atoms with van der Waals surface area (Å²) in [6, 6.07) is 0. The van der Waals surface area contributed by atoms with Crippen molar-refractivity contribution in [3.05, 3.63) is 0 Å². The molecule has 0 spiro atoms. The molecular formula is C15H31N2O2+. The summed E-state index contributed by atoms with van der Waals surface area (Å²) in [7, 11) is 2.15. The number of likely N-dealkylation sites (N-methyl/N-ethyl adjacent to an activating group) is 1. The van der Waals surface area contributed by atoms with Crippen molar-refractivity contribution in [3.63, 3.8) is 0 Å². The number of hydrogen-bond donors (Lipinski definition) is 1. The number of carbonyl (C=O) groups is 1. The summed E-state index contributed by atoms with van der Waals surface area (Å²) in [5.41, 5.74) is 0. The molecule has 1 N–H and O–H groups in total. The second-order valence-corrected chi connectivity index (χ2v) is 5.95. The van der Waals surface area contributed by atoms with E-state index < -0.39 is 0 Å². The molecule has 4 nitrogen and oxygen atoms in total. The lowest BCUT2D eigenvalue weighted by atomic mass is 10.1. The van der Waals surface area contributed by atoms with Crippen molar-refractivity contribution in [3.8, 4) is 0 Å². The molecule has 1 fully saturated rings. The fourth-order valence-corrected chi connectivity index (χ4v) is 2.48. The van der Waals surface area contributed by atoms with E-state index in [1.807, 2.05) is 0 Å². The Labute approximate surface area is 118 Å². The van der Waals surface area contributed by atoms with Crippen molar-refractivity contribution in [2.75, 3.05) is 46.4 Å². The molecule has 19 heavy (non-hydrogen) atoms. The van der Waals surface area contributed by atoms with Gasteiger partial charge in [-0.25, -0.2) is 0 Å². The number of nitrogens with zero attached hydrogens (tertiary/aromatic N) is 1. The van der Waals surface area contributed by atoms with Gasteiger partial charge in [0.2, 0.25) is 0 Å². The van der Waals surface area contributed by atoms with E-state index in [4.69, 9.17) is 4.74 Å². The Morgan fingerprint density at radius 3 is 2.42 bits per heavy atom. The van der Waals surface area contributed by atoms with E-state index in [0.29, 0.717) is 6.54 Å². The minimum atomic E-state index is 0.193. The molecule has 0 bridgehead atoms. The lowest BCUT2D eigenvalue weighted by Crippen LogP contribution is -2.56. The summed E-state index contributed by atoms with van der Waals surface area (Å²) in [5, 5.41) is 3.05. The second-order valence-electron chi connectivity index (χ2n) is 5.95. The van der Waals surface area contributed by atoms with Crippen LogP contribution in [-0.2, 0) is 9.53 Å². The Bertz CT molecular complexity index is 251. The van der Waals surface area contributed by atoms with Crippen LogP contribution in [0.1, 0.15) is 45.4 Å². The number of carbonyl (C=O) groups excluding carboxylic acids is 1. The lowest BCUT2D eigenvalue weighted by molar-refractivity contribution is -0.909. The van der Waals surface area contributed by atoms with Gasteiger partial charge in [0.1, 0.15) is 13.1 Å². The maximum Gasteiger partial charge on any atom is 0.275 e. The molecule has 0 radical (unpaired) electrons. The molecular weight excluding hydrogens is 240 g/mol. The largest absolute Gasteiger partial charge is 0.370 e. The van der Waals surface area contributed by atoms with Crippen LogP contribution in [0.4, 0.5) is 0 Å². The summed E-state index contributed by atoms with van der Waals surface area (Å²) in [5.74, 6) is 0.193. The first-order valence-corrected chi connectivity index (χ1v) is 7.84. The van der Waals surface area contributed by atoms with Gasteiger partial charge in [-0.05, 0) is 6.42 Å². The molecule has 4 heteroatoms. The number of nitrogens with one attached hydrogen (secondary N) is 1. The standard InChI is InChI=1S/C15H30N2O2/c1-3-4-5-6-7-8-9-16-15(18)14-17(2)10-12-19-13-11-17/h3-14H2,1-2H3/p+1. The van der Waals surface area contributed by atoms with Gasteiger partial charge in [0.25, 0.3) is 5.91 Å². The third-order valence-corrected chi connectivity index (χ3v) is 3.93. The quantitative estimate of drug-likeness (QED) is 0.514. The van der Waals surface area contributed by atoms with Gasteiger partial charge in [-0.1, -0.05) is 39.0 Å². The predicted molar refractivity (Wildman–Crippen MR) is 78.0 cm³/mol. The van der Waals surface area contributed by atoms with Gasteiger partial charge in [0.05, 0.1) is 20.3 Å². The van der Waals surface area contributed by atoms with E-state index >= 15 is 0 Å². The Hall–Kier alpha value is -0.610. The first kappa shape index (κ1) is 16.4. The van der Waals surface area contributed by atoms with Crippen LogP contribution in [0, 0.1) is 0 Å². The monoisotopic (exact) mass is 271 g/mol. The van der Waals surface area contributed by atoms with Gasteiger partial charge < -0.3 is 14.5 Å². The van der Waals surface area contributed by atoms with Gasteiger partial charge >= 0.3 is 0 Å². The lowest BCUT2D eigenvalue weighted by Gasteiger charge is -2.36. The first-order chi connectivity index (χ1) is 9.16. The van der Waals surface area contributed by atoms with Crippen LogP contribution in [0.25, 0.3) is 0 Å². The zero-order valence-corrected chi connectivity index (χ0v) is 12.7. The van der Waals surface area contributed by atoms with Crippen molar-refractivity contribution in [2.45, 2.75) is 45.4 Å². The number of morpholine rings is 1. The maximum absolute atomic E-state index is 11.9. The zero-order chi connectivity index (χ0) is 14.0. The summed E-state index contributed by atoms with van der Waals surface area (Å²) in [6.07, 6.45) is 7.61. The third kappa shape index (κ3) is 7.53. The molecule has 0 aromatic heterocycles. The molecule has 0 atom stereocenters. The molecule has 1 saturated heterocycles. The fourth-order valence-electron chi connectivity index (χ4n) is 2.48. The van der Waals surface area contributed by atoms with E-state index in [9.17, 15) is 4.79 Å². The predicted octanol–water partition coefficient (Wildman–Crippen LogP) is 1.94. The summed E-state index contributed by atoms with van der Waals surface area (Å²) in [4.78, 5) is 11.9. The fraction of sp³-hybridized carbons (Fsp3) is 0.933. The van der Waals surface area contributed by atoms with Crippen LogP contribution in [0.3, 0.4) is 0 Å². The number of amides is 1. The smallest absolute Gasteiger partial charge is 0.275 e. The topological polar surface area (TPSA) is 38.3 Å². The Morgan fingerprint density at radius 1 is 1.11 bits per heavy atom. The second kappa shape index (κ2) is 9.32. The minimum Gasteiger partial charge on any atom is -0.370 e. The SMILES string of the molecule is CCCCCCCCNC(=O)C[N+]1(C)CCOCC1. The van der Waals surface area contributed by atoms with Gasteiger partial charge in [-0.2, -0.15) is 0 Å². The van der Waals surface area contributed by atoms with Crippen LogP contribution < -0.4 is 5.32 Å². The molecule has 0 aromatic carbocycles. The third-order valence-electron chi connectivity index (χ3n) is 3.93. The molecule has 0 aliphatic carbocycles. The Morgan fingerprint density at radius 2 is 1.74 bits per heavy atom. The number of hydrogen-bond acceptors (Lipinski definition) is 2. The summed E-state index contributed by atoms with van der Waals surface area (Å²) >= 11 is 0. The molecule has 1 aliphatic heterocycles. The van der Waals surface area contributed by atoms with Gasteiger partial charge in [0.15, 0.2) is 6.54 Å². The van der Waals surface area contributed by atoms with Crippen LogP contribution in [-0.4, -0.2) is 56.8 Å². The van der Waals surface area contributed by atoms with Crippen molar-refractivity contribution < 1.29 is 14.0 Å². The molecule has 1 heterocycles. The van der Waals surface area contributed by atoms with Gasteiger partial charge in [0, 0.05) is 6.54 Å². The van der Waals surface area contributed by atoms with E-state index in [2.05, 4.69) is 19.3 Å². The van der Waals surface area contributed by atoms with Gasteiger partial charge in [-0.3, -0.25) is 4.79 Å². The maximum atomic E-state index is 11.9. The average molecular weight is 271 g/mol. The molecule has 1 rings (SSSR count). The number of rotatable bonds is 9. The van der Waals surface area contributed by atoms with Crippen LogP contribution >= 0.6 is 0 Å². The molecule has 0 aromatic rings. The molecule has 0 unspecified atom stereocenters. The highest BCUT2D eigenvalue weighted by Gasteiger charge is 2.27. The number of ether oxygens (including phenoxy) is 1. The average Bonchev–Trinajstić information content (AvgIpc) is 2.38. The van der Waals surface area contributed by atoms with Crippen LogP contribution in [0.15, 0.2) is 0 Å². The normalized spacial score (nSPS) is 18.2. The van der Waals surface area contributed by atoms with Crippen LogP contribution in [0.2, 0.25) is 0 Å². The van der Waals surface area contributed by atoms with Gasteiger partial charge in [-0.15, -0.1) is 0 Å². The van der Waals surface area contributed by atoms with E-state index in [-0.39, 0.29) is 5.91 Å². The summed E-state index contributed by atoms with van der Waals surface area (Å²) in [6.45, 7) is 7.12. The first-order valence-electron chi connectivity index (χ1n) is 7.84. The molecule has 1 aliphatic rings. The van der Waals surface area contributed by atoms with Crippen molar-refractivity contribution in [1.82, 2.24) is 5.32 Å². The zero-order valence-electron chi connectivity index (χ0n) is 12.7. The van der Waals surface area contributed by atoms with E-state index in [1.54, 1.807) is 0 Å². The highest BCUT2D eigenvalue weighted by Crippen LogP contribution is 2.07. The van der Waals surface area contributed by atoms with E-state index in [1.165, 1.54) is 32.1 Å². The van der Waals surface area contributed by atoms with Crippen molar-refractivity contribution >= 4 is 5.91 Å². The number of quaternary nitrogens is 1. The molecule has 0 saturated carbocycles. The van der Waals surface area contributed by atoms with E-state index in [0.717, 1.165) is 43.8 Å². The van der Waals surface area contributed by atoms with Crippen molar-refractivity contribution in [2.24, 2.45) is 0 Å². The molecule has 1 amide bonds. The highest BCUT2D eigenvalue weighted by atomic mass is 16.5. The Kier molecular flexibility index (Phi) is 8.07. The molecule has 112 valence electrons. The summed E-state index contributed by atoms with van der Waals surface area (Å²) < 4.78 is 6.17. The van der Waals surface area contributed by atoms with Crippen molar-refractivity contribution in [1.29, 1.82) is 0 Å². The number of unbranched alkanes of at least 4 members (excludes halogenated alkanes) is 5.